The van der Waals surface area contributed by atoms with Crippen LogP contribution in [0.4, 0.5) is 5.69 Å². The second-order valence-corrected chi connectivity index (χ2v) is 4.11. The van der Waals surface area contributed by atoms with Gasteiger partial charge < -0.3 is 5.32 Å². The number of fused-ring (bicyclic) bond motifs is 1. The molecule has 20 heavy (non-hydrogen) atoms. The number of hydrogen-bond donors (Lipinski definition) is 1. The molecule has 1 aromatic heterocycles. The molecule has 0 amide bonds. The highest BCUT2D eigenvalue weighted by Gasteiger charge is 2.10. The first-order valence-electron chi connectivity index (χ1n) is 5.46. The number of aromatic nitrogens is 1. The van der Waals surface area contributed by atoms with Gasteiger partial charge in [-0.05, 0) is 24.3 Å². The van der Waals surface area contributed by atoms with Gasteiger partial charge in [-0.25, -0.2) is 0 Å². The maximum Gasteiger partial charge on any atom is 0.163 e. The van der Waals surface area contributed by atoms with Crippen molar-refractivity contribution in [3.63, 3.8) is 0 Å². The number of nitriles is 3. The molecule has 0 spiro atoms. The second kappa shape index (κ2) is 5.71. The fourth-order valence-electron chi connectivity index (χ4n) is 1.66. The van der Waals surface area contributed by atoms with Gasteiger partial charge in [0.2, 0.25) is 0 Å². The molecule has 6 heteroatoms. The molecule has 0 aliphatic heterocycles. The highest BCUT2D eigenvalue weighted by molar-refractivity contribution is 6.35. The highest BCUT2D eigenvalue weighted by Crippen LogP contribution is 2.29. The van der Waals surface area contributed by atoms with Gasteiger partial charge in [0.05, 0.1) is 10.5 Å². The number of benzene rings is 1. The molecule has 5 nitrogen and oxygen atoms in total. The van der Waals surface area contributed by atoms with Crippen LogP contribution < -0.4 is 5.32 Å². The van der Waals surface area contributed by atoms with E-state index in [1.54, 1.807) is 48.7 Å². The standard InChI is InChI=1S/C14H6ClN5/c15-11-3-4-12(10-2-1-5-19-14(10)11)20-13(8-18)9(6-16)7-17/h1-5,20H. The molecule has 0 unspecified atom stereocenters. The Morgan fingerprint density at radius 1 is 1.10 bits per heavy atom. The van der Waals surface area contributed by atoms with Crippen LogP contribution in [0.2, 0.25) is 5.02 Å². The molecule has 0 atom stereocenters. The summed E-state index contributed by atoms with van der Waals surface area (Å²) >= 11 is 6.04. The highest BCUT2D eigenvalue weighted by atomic mass is 35.5. The summed E-state index contributed by atoms with van der Waals surface area (Å²) in [6.07, 6.45) is 1.61. The Morgan fingerprint density at radius 3 is 2.50 bits per heavy atom. The van der Waals surface area contributed by atoms with E-state index in [0.717, 1.165) is 0 Å². The van der Waals surface area contributed by atoms with Crippen LogP contribution in [-0.2, 0) is 0 Å². The third kappa shape index (κ3) is 2.37. The van der Waals surface area contributed by atoms with E-state index in [1.165, 1.54) is 0 Å². The number of allylic oxidation sites excluding steroid dienone is 2. The largest absolute Gasteiger partial charge is 0.345 e. The maximum absolute atomic E-state index is 9.03. The maximum atomic E-state index is 9.03. The van der Waals surface area contributed by atoms with E-state index in [4.69, 9.17) is 27.4 Å². The minimum atomic E-state index is -0.278. The third-order valence-corrected chi connectivity index (χ3v) is 2.87. The van der Waals surface area contributed by atoms with E-state index in [9.17, 15) is 0 Å². The van der Waals surface area contributed by atoms with E-state index in [0.29, 0.717) is 21.6 Å². The summed E-state index contributed by atoms with van der Waals surface area (Å²) in [5.74, 6) is 0. The van der Waals surface area contributed by atoms with Crippen molar-refractivity contribution in [2.24, 2.45) is 0 Å². The number of hydrogen-bond acceptors (Lipinski definition) is 5. The van der Waals surface area contributed by atoms with Gasteiger partial charge in [-0.1, -0.05) is 11.6 Å². The Kier molecular flexibility index (Phi) is 3.82. The molecular weight excluding hydrogens is 274 g/mol. The Morgan fingerprint density at radius 2 is 1.85 bits per heavy atom. The number of halogens is 1. The van der Waals surface area contributed by atoms with Crippen LogP contribution in [0.25, 0.3) is 10.9 Å². The van der Waals surface area contributed by atoms with Gasteiger partial charge in [-0.15, -0.1) is 0 Å². The van der Waals surface area contributed by atoms with Crippen LogP contribution in [-0.4, -0.2) is 4.98 Å². The lowest BCUT2D eigenvalue weighted by Gasteiger charge is -2.09. The van der Waals surface area contributed by atoms with E-state index < -0.39 is 0 Å². The smallest absolute Gasteiger partial charge is 0.163 e. The Bertz CT molecular complexity index is 817. The van der Waals surface area contributed by atoms with Gasteiger partial charge in [0.25, 0.3) is 0 Å². The first-order valence-corrected chi connectivity index (χ1v) is 5.84. The molecular formula is C14H6ClN5. The van der Waals surface area contributed by atoms with E-state index in [1.807, 2.05) is 0 Å². The van der Waals surface area contributed by atoms with Gasteiger partial charge in [-0.3, -0.25) is 4.98 Å². The van der Waals surface area contributed by atoms with Gasteiger partial charge >= 0.3 is 0 Å². The Hall–Kier alpha value is -3.07. The molecule has 94 valence electrons. The van der Waals surface area contributed by atoms with Gasteiger partial charge in [0, 0.05) is 17.3 Å². The van der Waals surface area contributed by atoms with Crippen LogP contribution in [0.3, 0.4) is 0 Å². The normalized spacial score (nSPS) is 9.10. The summed E-state index contributed by atoms with van der Waals surface area (Å²) in [6, 6.07) is 12.0. The third-order valence-electron chi connectivity index (χ3n) is 2.57. The van der Waals surface area contributed by atoms with Gasteiger partial charge in [-0.2, -0.15) is 15.8 Å². The lowest BCUT2D eigenvalue weighted by Crippen LogP contribution is -2.01. The molecule has 2 rings (SSSR count). The van der Waals surface area contributed by atoms with Crippen molar-refractivity contribution in [3.8, 4) is 18.2 Å². The summed E-state index contributed by atoms with van der Waals surface area (Å²) in [7, 11) is 0. The fraction of sp³-hybridized carbons (Fsp3) is 0. The van der Waals surface area contributed by atoms with Crippen molar-refractivity contribution in [2.45, 2.75) is 0 Å². The summed E-state index contributed by atoms with van der Waals surface area (Å²) < 4.78 is 0. The number of nitrogens with one attached hydrogen (secondary N) is 1. The lowest BCUT2D eigenvalue weighted by atomic mass is 10.1. The van der Waals surface area contributed by atoms with Crippen LogP contribution in [0, 0.1) is 34.0 Å². The predicted octanol–water partition coefficient (Wildman–Crippen LogP) is 3.12. The monoisotopic (exact) mass is 279 g/mol. The molecule has 0 radical (unpaired) electrons. The molecule has 2 aromatic rings. The molecule has 1 heterocycles. The van der Waals surface area contributed by atoms with Crippen molar-refractivity contribution in [1.29, 1.82) is 15.8 Å². The average Bonchev–Trinajstić information content (AvgIpc) is 2.50. The van der Waals surface area contributed by atoms with E-state index in [-0.39, 0.29) is 11.3 Å². The number of nitrogens with zero attached hydrogens (tertiary/aromatic N) is 4. The molecule has 1 N–H and O–H groups in total. The number of anilines is 1. The number of pyridine rings is 1. The molecule has 0 aliphatic rings. The zero-order valence-corrected chi connectivity index (χ0v) is 10.8. The minimum absolute atomic E-state index is 0.109. The molecule has 0 aliphatic carbocycles. The first kappa shape index (κ1) is 13.4. The zero-order valence-electron chi connectivity index (χ0n) is 10.1. The SMILES string of the molecule is N#CC(C#N)=C(C#N)Nc1ccc(Cl)c2ncccc12. The van der Waals surface area contributed by atoms with Crippen molar-refractivity contribution in [1.82, 2.24) is 4.98 Å². The molecule has 0 saturated carbocycles. The van der Waals surface area contributed by atoms with Gasteiger partial charge in [0.15, 0.2) is 5.57 Å². The van der Waals surface area contributed by atoms with Crippen LogP contribution >= 0.6 is 11.6 Å². The zero-order chi connectivity index (χ0) is 14.5. The lowest BCUT2D eigenvalue weighted by molar-refractivity contribution is 1.37. The van der Waals surface area contributed by atoms with Crippen molar-refractivity contribution < 1.29 is 0 Å². The minimum Gasteiger partial charge on any atom is -0.345 e. The van der Waals surface area contributed by atoms with Crippen molar-refractivity contribution >= 4 is 28.2 Å². The predicted molar refractivity (Wildman–Crippen MR) is 74.2 cm³/mol. The number of rotatable bonds is 2. The molecule has 0 fully saturated rings. The quantitative estimate of drug-likeness (QED) is 0.852. The molecule has 1 aromatic carbocycles. The summed E-state index contributed by atoms with van der Waals surface area (Å²) in [5.41, 5.74) is 0.742. The summed E-state index contributed by atoms with van der Waals surface area (Å²) in [4.78, 5) is 4.16. The van der Waals surface area contributed by atoms with Crippen LogP contribution in [0.5, 0.6) is 0 Å². The Labute approximate surface area is 119 Å². The van der Waals surface area contributed by atoms with E-state index in [2.05, 4.69) is 10.3 Å². The van der Waals surface area contributed by atoms with Crippen LogP contribution in [0.1, 0.15) is 0 Å². The molecule has 0 saturated heterocycles. The first-order chi connectivity index (χ1) is 9.71. The van der Waals surface area contributed by atoms with Crippen molar-refractivity contribution in [2.75, 3.05) is 5.32 Å². The summed E-state index contributed by atoms with van der Waals surface area (Å²) in [5, 5.41) is 30.6. The Balaban J connectivity index is 2.60. The van der Waals surface area contributed by atoms with Crippen molar-refractivity contribution in [3.05, 3.63) is 46.8 Å². The van der Waals surface area contributed by atoms with E-state index >= 15 is 0 Å². The summed E-state index contributed by atoms with van der Waals surface area (Å²) in [6.45, 7) is 0. The van der Waals surface area contributed by atoms with Crippen LogP contribution in [0.15, 0.2) is 41.7 Å². The molecule has 0 bridgehead atoms. The average molecular weight is 280 g/mol. The second-order valence-electron chi connectivity index (χ2n) is 3.70. The van der Waals surface area contributed by atoms with Gasteiger partial charge in [0.1, 0.15) is 23.9 Å². The topological polar surface area (TPSA) is 96.3 Å². The fourth-order valence-corrected chi connectivity index (χ4v) is 1.88.